The Hall–Kier alpha value is -1.80. The fraction of sp³-hybridized carbons (Fsp3) is 0.625. The zero-order chi connectivity index (χ0) is 13.1. The van der Waals surface area contributed by atoms with E-state index >= 15 is 0 Å². The molecule has 96 valence electrons. The molecule has 1 rings (SSSR count). The summed E-state index contributed by atoms with van der Waals surface area (Å²) in [7, 11) is 0. The first-order valence-electron chi connectivity index (χ1n) is 4.70. The third-order valence-corrected chi connectivity index (χ3v) is 1.96. The van der Waals surface area contributed by atoms with Gasteiger partial charge >= 0.3 is 12.2 Å². The van der Waals surface area contributed by atoms with E-state index in [1.165, 1.54) is 0 Å². The Labute approximate surface area is 94.1 Å². The van der Waals surface area contributed by atoms with Gasteiger partial charge in [0.15, 0.2) is 0 Å². The van der Waals surface area contributed by atoms with Crippen molar-refractivity contribution in [2.75, 3.05) is 19.6 Å². The van der Waals surface area contributed by atoms with Gasteiger partial charge in [-0.25, -0.2) is 4.79 Å². The average Bonchev–Trinajstić information content (AvgIpc) is 2.18. The minimum Gasteiger partial charge on any atom is -0.345 e. The van der Waals surface area contributed by atoms with Gasteiger partial charge in [0.1, 0.15) is 13.1 Å². The van der Waals surface area contributed by atoms with Crippen LogP contribution in [0, 0.1) is 0 Å². The van der Waals surface area contributed by atoms with Crippen LogP contribution in [0.3, 0.4) is 0 Å². The second-order valence-corrected chi connectivity index (χ2v) is 3.42. The molecule has 2 N–H and O–H groups in total. The smallest absolute Gasteiger partial charge is 0.345 e. The number of carbonyl (C=O) groups excluding carboxylic acids is 3. The number of amides is 4. The molecule has 0 bridgehead atoms. The third-order valence-electron chi connectivity index (χ3n) is 1.96. The molecule has 0 unspecified atom stereocenters. The van der Waals surface area contributed by atoms with Gasteiger partial charge in [-0.3, -0.25) is 14.9 Å². The van der Waals surface area contributed by atoms with Crippen LogP contribution < -0.4 is 10.6 Å². The topological polar surface area (TPSA) is 78.5 Å². The van der Waals surface area contributed by atoms with Crippen molar-refractivity contribution in [2.45, 2.75) is 12.6 Å². The van der Waals surface area contributed by atoms with Gasteiger partial charge in [0.2, 0.25) is 11.8 Å². The molecule has 0 aromatic carbocycles. The Morgan fingerprint density at radius 3 is 2.59 bits per heavy atom. The van der Waals surface area contributed by atoms with Crippen molar-refractivity contribution >= 4 is 17.8 Å². The van der Waals surface area contributed by atoms with Crippen LogP contribution in [-0.4, -0.2) is 48.6 Å². The minimum atomic E-state index is -4.49. The molecular weight excluding hydrogens is 243 g/mol. The van der Waals surface area contributed by atoms with Crippen molar-refractivity contribution < 1.29 is 27.6 Å². The zero-order valence-corrected chi connectivity index (χ0v) is 8.63. The van der Waals surface area contributed by atoms with Gasteiger partial charge in [-0.1, -0.05) is 0 Å². The van der Waals surface area contributed by atoms with Gasteiger partial charge in [-0.2, -0.15) is 13.2 Å². The third kappa shape index (κ3) is 4.70. The van der Waals surface area contributed by atoms with Gasteiger partial charge < -0.3 is 10.2 Å². The molecule has 0 spiro atoms. The Kier molecular flexibility index (Phi) is 3.92. The summed E-state index contributed by atoms with van der Waals surface area (Å²) in [6, 6.07) is -0.775. The number of rotatable bonds is 3. The molecule has 0 radical (unpaired) electrons. The number of hydrogen-bond donors (Lipinski definition) is 2. The number of alkyl halides is 3. The van der Waals surface area contributed by atoms with Crippen LogP contribution in [0.2, 0.25) is 0 Å². The first-order valence-corrected chi connectivity index (χ1v) is 4.70. The van der Waals surface area contributed by atoms with Crippen LogP contribution in [0.15, 0.2) is 0 Å². The summed E-state index contributed by atoms with van der Waals surface area (Å²) >= 11 is 0. The molecular formula is C8H10F3N3O3. The maximum absolute atomic E-state index is 11.8. The molecule has 0 aliphatic carbocycles. The quantitative estimate of drug-likeness (QED) is 0.718. The highest BCUT2D eigenvalue weighted by atomic mass is 19.4. The van der Waals surface area contributed by atoms with E-state index < -0.39 is 37.1 Å². The number of urea groups is 1. The van der Waals surface area contributed by atoms with Gasteiger partial charge in [-0.15, -0.1) is 0 Å². The summed E-state index contributed by atoms with van der Waals surface area (Å²) in [6.07, 6.45) is -4.46. The maximum Gasteiger partial charge on any atom is 0.405 e. The second kappa shape index (κ2) is 5.02. The van der Waals surface area contributed by atoms with Crippen LogP contribution in [0.1, 0.15) is 6.42 Å². The van der Waals surface area contributed by atoms with E-state index in [2.05, 4.69) is 0 Å². The van der Waals surface area contributed by atoms with Gasteiger partial charge in [0.05, 0.1) is 0 Å². The zero-order valence-electron chi connectivity index (χ0n) is 8.63. The normalized spacial score (nSPS) is 16.8. The molecule has 1 aliphatic rings. The van der Waals surface area contributed by atoms with Crippen LogP contribution in [0.25, 0.3) is 0 Å². The Balaban J connectivity index is 2.36. The molecule has 6 nitrogen and oxygen atoms in total. The van der Waals surface area contributed by atoms with Crippen LogP contribution in [0.5, 0.6) is 0 Å². The Bertz CT molecular complexity index is 343. The van der Waals surface area contributed by atoms with Crippen molar-refractivity contribution in [3.8, 4) is 0 Å². The van der Waals surface area contributed by atoms with E-state index in [-0.39, 0.29) is 13.0 Å². The largest absolute Gasteiger partial charge is 0.405 e. The van der Waals surface area contributed by atoms with E-state index in [0.29, 0.717) is 0 Å². The summed E-state index contributed by atoms with van der Waals surface area (Å²) < 4.78 is 35.3. The monoisotopic (exact) mass is 253 g/mol. The van der Waals surface area contributed by atoms with E-state index in [1.54, 1.807) is 5.32 Å². The van der Waals surface area contributed by atoms with Crippen LogP contribution >= 0.6 is 0 Å². The molecule has 9 heteroatoms. The fourth-order valence-electron chi connectivity index (χ4n) is 1.18. The number of imide groups is 1. The van der Waals surface area contributed by atoms with E-state index in [9.17, 15) is 27.6 Å². The summed E-state index contributed by atoms with van der Waals surface area (Å²) in [5.41, 5.74) is 0. The second-order valence-electron chi connectivity index (χ2n) is 3.42. The highest BCUT2D eigenvalue weighted by Crippen LogP contribution is 2.12. The molecule has 0 aromatic rings. The molecule has 17 heavy (non-hydrogen) atoms. The number of nitrogens with one attached hydrogen (secondary N) is 2. The molecule has 4 amide bonds. The molecule has 1 aliphatic heterocycles. The van der Waals surface area contributed by atoms with Crippen molar-refractivity contribution in [3.63, 3.8) is 0 Å². The lowest BCUT2D eigenvalue weighted by Gasteiger charge is -2.25. The number of hydrogen-bond acceptors (Lipinski definition) is 3. The first-order chi connectivity index (χ1) is 7.78. The van der Waals surface area contributed by atoms with E-state index in [4.69, 9.17) is 0 Å². The molecule has 1 saturated heterocycles. The van der Waals surface area contributed by atoms with Gasteiger partial charge in [0, 0.05) is 13.0 Å². The number of halogens is 3. The number of carbonyl (C=O) groups is 3. The summed E-state index contributed by atoms with van der Waals surface area (Å²) in [6.45, 7) is -1.93. The number of nitrogens with zero attached hydrogens (tertiary/aromatic N) is 1. The van der Waals surface area contributed by atoms with E-state index in [1.807, 2.05) is 5.32 Å². The molecule has 0 atom stereocenters. The lowest BCUT2D eigenvalue weighted by molar-refractivity contribution is -0.138. The molecule has 0 saturated carbocycles. The molecule has 1 fully saturated rings. The van der Waals surface area contributed by atoms with Crippen molar-refractivity contribution in [1.29, 1.82) is 0 Å². The standard InChI is InChI=1S/C8H10F3N3O3/c9-8(10,11)4-12-6(16)3-14-2-1-5(15)13-7(14)17/h1-4H2,(H,12,16)(H,13,15,17). The van der Waals surface area contributed by atoms with Gasteiger partial charge in [-0.05, 0) is 0 Å². The predicted octanol–water partition coefficient (Wildman–Crippen LogP) is -0.393. The maximum atomic E-state index is 11.8. The SMILES string of the molecule is O=C(CN1CCC(=O)NC1=O)NCC(F)(F)F. The first kappa shape index (κ1) is 13.3. The van der Waals surface area contributed by atoms with Crippen molar-refractivity contribution in [3.05, 3.63) is 0 Å². The Morgan fingerprint density at radius 1 is 1.41 bits per heavy atom. The van der Waals surface area contributed by atoms with Gasteiger partial charge in [0.25, 0.3) is 0 Å². The van der Waals surface area contributed by atoms with Crippen molar-refractivity contribution in [2.24, 2.45) is 0 Å². The summed E-state index contributed by atoms with van der Waals surface area (Å²) in [4.78, 5) is 33.9. The molecule has 0 aromatic heterocycles. The van der Waals surface area contributed by atoms with E-state index in [0.717, 1.165) is 4.90 Å². The fourth-order valence-corrected chi connectivity index (χ4v) is 1.18. The summed E-state index contributed by atoms with van der Waals surface area (Å²) in [5, 5.41) is 3.58. The minimum absolute atomic E-state index is 0.0180. The Morgan fingerprint density at radius 2 is 2.06 bits per heavy atom. The average molecular weight is 253 g/mol. The van der Waals surface area contributed by atoms with Crippen LogP contribution in [0.4, 0.5) is 18.0 Å². The molecule has 1 heterocycles. The highest BCUT2D eigenvalue weighted by molar-refractivity contribution is 5.98. The lowest BCUT2D eigenvalue weighted by atomic mass is 10.3. The lowest BCUT2D eigenvalue weighted by Crippen LogP contribution is -2.52. The highest BCUT2D eigenvalue weighted by Gasteiger charge is 2.29. The van der Waals surface area contributed by atoms with Crippen molar-refractivity contribution in [1.82, 2.24) is 15.5 Å². The van der Waals surface area contributed by atoms with Crippen LogP contribution in [-0.2, 0) is 9.59 Å². The summed E-state index contributed by atoms with van der Waals surface area (Å²) in [5.74, 6) is -1.39. The predicted molar refractivity (Wildman–Crippen MR) is 48.8 cm³/mol.